The Balaban J connectivity index is 1.82. The van der Waals surface area contributed by atoms with E-state index in [1.165, 1.54) is 17.3 Å². The summed E-state index contributed by atoms with van der Waals surface area (Å²) in [5, 5.41) is 8.72. The molecule has 0 spiro atoms. The molecule has 130 valence electrons. The Morgan fingerprint density at radius 2 is 1.60 bits per heavy atom. The van der Waals surface area contributed by atoms with E-state index in [1.807, 2.05) is 18.2 Å². The first-order valence-electron chi connectivity index (χ1n) is 7.55. The van der Waals surface area contributed by atoms with Gasteiger partial charge in [-0.25, -0.2) is 0 Å². The number of nitrogens with zero attached hydrogens (tertiary/aromatic N) is 2. The molecule has 0 fully saturated rings. The largest absolute Gasteiger partial charge is 0.493 e. The maximum absolute atomic E-state index is 5.75. The highest BCUT2D eigenvalue weighted by Crippen LogP contribution is 2.41. The van der Waals surface area contributed by atoms with Crippen LogP contribution in [0.25, 0.3) is 11.5 Å². The maximum atomic E-state index is 5.75. The molecule has 1 aromatic heterocycles. The van der Waals surface area contributed by atoms with E-state index in [0.29, 0.717) is 33.9 Å². The number of hydrogen-bond donors (Lipinski definition) is 0. The summed E-state index contributed by atoms with van der Waals surface area (Å²) in [6, 6.07) is 13.7. The quantitative estimate of drug-likeness (QED) is 0.590. The summed E-state index contributed by atoms with van der Waals surface area (Å²) in [6.45, 7) is 0. The van der Waals surface area contributed by atoms with E-state index in [9.17, 15) is 0 Å². The van der Waals surface area contributed by atoms with Crippen LogP contribution in [0.15, 0.2) is 52.1 Å². The van der Waals surface area contributed by atoms with E-state index < -0.39 is 0 Å². The van der Waals surface area contributed by atoms with Gasteiger partial charge < -0.3 is 18.6 Å². The summed E-state index contributed by atoms with van der Waals surface area (Å²) in [4.78, 5) is 0. The van der Waals surface area contributed by atoms with E-state index >= 15 is 0 Å². The van der Waals surface area contributed by atoms with Gasteiger partial charge in [0, 0.05) is 11.3 Å². The molecule has 0 saturated heterocycles. The van der Waals surface area contributed by atoms with Gasteiger partial charge in [0.15, 0.2) is 11.5 Å². The molecule has 0 bridgehead atoms. The van der Waals surface area contributed by atoms with E-state index in [2.05, 4.69) is 22.3 Å². The van der Waals surface area contributed by atoms with Gasteiger partial charge in [-0.15, -0.1) is 10.2 Å². The third kappa shape index (κ3) is 3.88. The van der Waals surface area contributed by atoms with Crippen molar-refractivity contribution in [3.63, 3.8) is 0 Å². The second kappa shape index (κ2) is 7.94. The van der Waals surface area contributed by atoms with Crippen LogP contribution >= 0.6 is 11.8 Å². The number of benzene rings is 2. The highest BCUT2D eigenvalue weighted by molar-refractivity contribution is 7.98. The second-order valence-corrected chi connectivity index (χ2v) is 5.99. The summed E-state index contributed by atoms with van der Waals surface area (Å²) < 4.78 is 21.8. The maximum Gasteiger partial charge on any atom is 0.277 e. The molecule has 2 aromatic carbocycles. The van der Waals surface area contributed by atoms with Gasteiger partial charge in [-0.2, -0.15) is 0 Å². The molecule has 0 saturated carbocycles. The first-order chi connectivity index (χ1) is 12.2. The summed E-state index contributed by atoms with van der Waals surface area (Å²) in [5.41, 5.74) is 1.90. The van der Waals surface area contributed by atoms with E-state index in [1.54, 1.807) is 33.5 Å². The Kier molecular flexibility index (Phi) is 5.45. The Bertz CT molecular complexity index is 811. The van der Waals surface area contributed by atoms with Crippen LogP contribution in [0.1, 0.15) is 5.56 Å². The smallest absolute Gasteiger partial charge is 0.277 e. The fraction of sp³-hybridized carbons (Fsp3) is 0.222. The second-order valence-electron chi connectivity index (χ2n) is 5.06. The van der Waals surface area contributed by atoms with E-state index in [0.717, 1.165) is 5.75 Å². The first-order valence-corrected chi connectivity index (χ1v) is 8.54. The number of rotatable bonds is 7. The van der Waals surface area contributed by atoms with Crippen molar-refractivity contribution in [2.75, 3.05) is 21.3 Å². The standard InChI is InChI=1S/C18H18N2O4S/c1-21-14-9-13(10-15(22-2)16(14)23-3)17-19-20-18(24-17)25-11-12-7-5-4-6-8-12/h4-10H,11H2,1-3H3. The minimum atomic E-state index is 0.398. The molecule has 0 aliphatic carbocycles. The molecule has 0 aliphatic rings. The van der Waals surface area contributed by atoms with Crippen LogP contribution in [0.4, 0.5) is 0 Å². The van der Waals surface area contributed by atoms with Crippen molar-refractivity contribution in [1.82, 2.24) is 10.2 Å². The molecule has 0 N–H and O–H groups in total. The van der Waals surface area contributed by atoms with Gasteiger partial charge in [-0.1, -0.05) is 42.1 Å². The van der Waals surface area contributed by atoms with Gasteiger partial charge in [-0.3, -0.25) is 0 Å². The Morgan fingerprint density at radius 3 is 2.20 bits per heavy atom. The lowest BCUT2D eigenvalue weighted by Gasteiger charge is -2.12. The highest BCUT2D eigenvalue weighted by Gasteiger charge is 2.17. The molecule has 3 aromatic rings. The van der Waals surface area contributed by atoms with E-state index in [-0.39, 0.29) is 0 Å². The third-order valence-corrected chi connectivity index (χ3v) is 4.41. The fourth-order valence-corrected chi connectivity index (χ4v) is 3.03. The lowest BCUT2D eigenvalue weighted by atomic mass is 10.2. The summed E-state index contributed by atoms with van der Waals surface area (Å²) >= 11 is 1.49. The van der Waals surface area contributed by atoms with Gasteiger partial charge in [0.2, 0.25) is 11.6 Å². The minimum absolute atomic E-state index is 0.398. The zero-order valence-corrected chi connectivity index (χ0v) is 15.0. The zero-order chi connectivity index (χ0) is 17.6. The van der Waals surface area contributed by atoms with Gasteiger partial charge in [0.1, 0.15) is 0 Å². The van der Waals surface area contributed by atoms with Crippen LogP contribution < -0.4 is 14.2 Å². The molecule has 0 radical (unpaired) electrons. The third-order valence-electron chi connectivity index (χ3n) is 3.52. The van der Waals surface area contributed by atoms with Crippen molar-refractivity contribution in [3.8, 4) is 28.7 Å². The average molecular weight is 358 g/mol. The minimum Gasteiger partial charge on any atom is -0.493 e. The van der Waals surface area contributed by atoms with Gasteiger partial charge >= 0.3 is 0 Å². The molecular weight excluding hydrogens is 340 g/mol. The average Bonchev–Trinajstić information content (AvgIpc) is 3.15. The molecule has 25 heavy (non-hydrogen) atoms. The lowest BCUT2D eigenvalue weighted by Crippen LogP contribution is -1.95. The topological polar surface area (TPSA) is 66.6 Å². The van der Waals surface area contributed by atoms with Gasteiger partial charge in [-0.05, 0) is 17.7 Å². The predicted octanol–water partition coefficient (Wildman–Crippen LogP) is 4.05. The summed E-state index contributed by atoms with van der Waals surface area (Å²) in [6.07, 6.45) is 0. The first kappa shape index (κ1) is 17.2. The SMILES string of the molecule is COc1cc(-c2nnc(SCc3ccccc3)o2)cc(OC)c1OC. The monoisotopic (exact) mass is 358 g/mol. The lowest BCUT2D eigenvalue weighted by molar-refractivity contribution is 0.324. The van der Waals surface area contributed by atoms with Gasteiger partial charge in [0.25, 0.3) is 5.22 Å². The normalized spacial score (nSPS) is 10.5. The van der Waals surface area contributed by atoms with Gasteiger partial charge in [0.05, 0.1) is 21.3 Å². The number of thioether (sulfide) groups is 1. The van der Waals surface area contributed by atoms with Crippen molar-refractivity contribution in [3.05, 3.63) is 48.0 Å². The van der Waals surface area contributed by atoms with E-state index in [4.69, 9.17) is 18.6 Å². The molecule has 7 heteroatoms. The number of methoxy groups -OCH3 is 3. The van der Waals surface area contributed by atoms with Crippen molar-refractivity contribution < 1.29 is 18.6 Å². The Labute approximate surface area is 150 Å². The van der Waals surface area contributed by atoms with Crippen molar-refractivity contribution in [1.29, 1.82) is 0 Å². The fourth-order valence-electron chi connectivity index (χ4n) is 2.31. The molecular formula is C18H18N2O4S. The number of hydrogen-bond acceptors (Lipinski definition) is 7. The van der Waals surface area contributed by atoms with Crippen LogP contribution in [0, 0.1) is 0 Å². The molecule has 0 unspecified atom stereocenters. The summed E-state index contributed by atoms with van der Waals surface area (Å²) in [5.74, 6) is 2.75. The highest BCUT2D eigenvalue weighted by atomic mass is 32.2. The molecule has 0 aliphatic heterocycles. The Hall–Kier alpha value is -2.67. The molecule has 1 heterocycles. The van der Waals surface area contributed by atoms with Crippen molar-refractivity contribution in [2.24, 2.45) is 0 Å². The number of aromatic nitrogens is 2. The van der Waals surface area contributed by atoms with Crippen molar-refractivity contribution in [2.45, 2.75) is 11.0 Å². The molecule has 6 nitrogen and oxygen atoms in total. The van der Waals surface area contributed by atoms with Crippen molar-refractivity contribution >= 4 is 11.8 Å². The predicted molar refractivity (Wildman–Crippen MR) is 95.4 cm³/mol. The summed E-state index contributed by atoms with van der Waals surface area (Å²) in [7, 11) is 4.69. The van der Waals surface area contributed by atoms with Crippen LogP contribution in [-0.4, -0.2) is 31.5 Å². The molecule has 3 rings (SSSR count). The molecule has 0 atom stereocenters. The van der Waals surface area contributed by atoms with Crippen LogP contribution in [-0.2, 0) is 5.75 Å². The van der Waals surface area contributed by atoms with Crippen LogP contribution in [0.5, 0.6) is 17.2 Å². The van der Waals surface area contributed by atoms with Crippen LogP contribution in [0.3, 0.4) is 0 Å². The van der Waals surface area contributed by atoms with Crippen LogP contribution in [0.2, 0.25) is 0 Å². The Morgan fingerprint density at radius 1 is 0.920 bits per heavy atom. The molecule has 0 amide bonds. The zero-order valence-electron chi connectivity index (χ0n) is 14.2. The number of ether oxygens (including phenoxy) is 3.